The molecule has 174 valence electrons. The number of rotatable bonds is 9. The number of nitrogens with one attached hydrogen (secondary N) is 2. The molecule has 0 saturated carbocycles. The van der Waals surface area contributed by atoms with Crippen molar-refractivity contribution in [3.8, 4) is 5.75 Å². The van der Waals surface area contributed by atoms with E-state index in [4.69, 9.17) is 4.74 Å². The number of carbonyl (C=O) groups is 2. The number of nitro benzene ring substituents is 1. The molecule has 33 heavy (non-hydrogen) atoms. The molecule has 3 atom stereocenters. The monoisotopic (exact) mass is 452 g/mol. The molecule has 2 N–H and O–H groups in total. The van der Waals surface area contributed by atoms with Crippen molar-refractivity contribution in [2.75, 3.05) is 11.9 Å². The first kappa shape index (κ1) is 23.8. The molecule has 2 aromatic rings. The predicted molar refractivity (Wildman–Crippen MR) is 125 cm³/mol. The summed E-state index contributed by atoms with van der Waals surface area (Å²) in [6, 6.07) is 13.2. The molecule has 9 nitrogen and oxygen atoms in total. The van der Waals surface area contributed by atoms with Gasteiger partial charge in [0.2, 0.25) is 5.91 Å². The van der Waals surface area contributed by atoms with Crippen molar-refractivity contribution in [2.24, 2.45) is 0 Å². The number of amides is 2. The van der Waals surface area contributed by atoms with Crippen LogP contribution in [-0.2, 0) is 9.59 Å². The van der Waals surface area contributed by atoms with Gasteiger partial charge in [-0.2, -0.15) is 0 Å². The zero-order valence-corrected chi connectivity index (χ0v) is 18.9. The first-order valence-corrected chi connectivity index (χ1v) is 10.6. The lowest BCUT2D eigenvalue weighted by molar-refractivity contribution is -0.384. The van der Waals surface area contributed by atoms with Gasteiger partial charge in [0, 0.05) is 29.9 Å². The first-order valence-electron chi connectivity index (χ1n) is 10.6. The van der Waals surface area contributed by atoms with Crippen LogP contribution in [0.5, 0.6) is 5.75 Å². The van der Waals surface area contributed by atoms with Crippen molar-refractivity contribution >= 4 is 23.2 Å². The molecule has 0 bridgehead atoms. The van der Waals surface area contributed by atoms with Gasteiger partial charge < -0.3 is 20.3 Å². The Morgan fingerprint density at radius 2 is 1.85 bits per heavy atom. The maximum absolute atomic E-state index is 13.3. The van der Waals surface area contributed by atoms with Crippen LogP contribution >= 0.6 is 0 Å². The Labute approximate surface area is 192 Å². The number of hydrogen-bond acceptors (Lipinski definition) is 6. The highest BCUT2D eigenvalue weighted by molar-refractivity contribution is 5.95. The summed E-state index contributed by atoms with van der Waals surface area (Å²) in [6.07, 6.45) is 0.711. The van der Waals surface area contributed by atoms with Crippen molar-refractivity contribution in [1.82, 2.24) is 10.2 Å². The number of anilines is 1. The van der Waals surface area contributed by atoms with Crippen LogP contribution in [0.3, 0.4) is 0 Å². The van der Waals surface area contributed by atoms with Crippen molar-refractivity contribution in [3.63, 3.8) is 0 Å². The van der Waals surface area contributed by atoms with Crippen LogP contribution in [-0.4, -0.2) is 51.9 Å². The van der Waals surface area contributed by atoms with E-state index >= 15 is 0 Å². The highest BCUT2D eigenvalue weighted by Gasteiger charge is 2.55. The standard InChI is InChI=1S/C24H28N4O5/c1-5-15-27-20(21(23(27)30)33-18-9-7-6-8-10-18)19(22(29)26-24(2,3)4)25-16-11-13-17(14-12-16)28(31)32/h5-14,19-21,25H,1,15H2,2-4H3,(H,26,29)/t19-,20-,21+/m0/s1. The second kappa shape index (κ2) is 9.72. The van der Waals surface area contributed by atoms with E-state index in [9.17, 15) is 19.7 Å². The minimum Gasteiger partial charge on any atom is -0.478 e. The van der Waals surface area contributed by atoms with E-state index in [1.807, 2.05) is 26.8 Å². The van der Waals surface area contributed by atoms with E-state index in [-0.39, 0.29) is 24.0 Å². The number of para-hydroxylation sites is 1. The third kappa shape index (κ3) is 5.68. The molecule has 1 saturated heterocycles. The SMILES string of the molecule is C=CCN1C(=O)[C@H](Oc2ccccc2)[C@@H]1[C@H](Nc1ccc([N+](=O)[O-])cc1)C(=O)NC(C)(C)C. The Hall–Kier alpha value is -3.88. The summed E-state index contributed by atoms with van der Waals surface area (Å²) in [5.74, 6) is -0.0543. The van der Waals surface area contributed by atoms with Crippen LogP contribution in [0.2, 0.25) is 0 Å². The number of β-lactam (4-membered cyclic amide) rings is 1. The van der Waals surface area contributed by atoms with Crippen LogP contribution in [0, 0.1) is 10.1 Å². The minimum absolute atomic E-state index is 0.0614. The number of benzene rings is 2. The number of hydrogen-bond donors (Lipinski definition) is 2. The predicted octanol–water partition coefficient (Wildman–Crippen LogP) is 3.13. The van der Waals surface area contributed by atoms with Gasteiger partial charge in [0.15, 0.2) is 6.10 Å². The van der Waals surface area contributed by atoms with E-state index in [0.29, 0.717) is 11.4 Å². The summed E-state index contributed by atoms with van der Waals surface area (Å²) in [6.45, 7) is 9.55. The topological polar surface area (TPSA) is 114 Å². The smallest absolute Gasteiger partial charge is 0.269 e. The molecule has 1 fully saturated rings. The molecule has 0 radical (unpaired) electrons. The number of carbonyl (C=O) groups excluding carboxylic acids is 2. The number of likely N-dealkylation sites (tertiary alicyclic amines) is 1. The summed E-state index contributed by atoms with van der Waals surface area (Å²) < 4.78 is 5.97. The van der Waals surface area contributed by atoms with Gasteiger partial charge >= 0.3 is 0 Å². The van der Waals surface area contributed by atoms with Crippen LogP contribution in [0.15, 0.2) is 67.3 Å². The Morgan fingerprint density at radius 3 is 2.39 bits per heavy atom. The molecular formula is C24H28N4O5. The van der Waals surface area contributed by atoms with E-state index < -0.39 is 28.6 Å². The van der Waals surface area contributed by atoms with Crippen molar-refractivity contribution in [1.29, 1.82) is 0 Å². The lowest BCUT2D eigenvalue weighted by atomic mass is 9.89. The highest BCUT2D eigenvalue weighted by atomic mass is 16.6. The van der Waals surface area contributed by atoms with E-state index in [0.717, 1.165) is 0 Å². The molecule has 1 aliphatic heterocycles. The lowest BCUT2D eigenvalue weighted by Crippen LogP contribution is -2.74. The highest BCUT2D eigenvalue weighted by Crippen LogP contribution is 2.30. The van der Waals surface area contributed by atoms with Crippen LogP contribution in [0.1, 0.15) is 20.8 Å². The first-order chi connectivity index (χ1) is 15.6. The van der Waals surface area contributed by atoms with E-state index in [2.05, 4.69) is 17.2 Å². The van der Waals surface area contributed by atoms with E-state index in [1.54, 1.807) is 30.3 Å². The van der Waals surface area contributed by atoms with Crippen molar-refractivity contribution in [3.05, 3.63) is 77.4 Å². The fourth-order valence-corrected chi connectivity index (χ4v) is 3.62. The van der Waals surface area contributed by atoms with Crippen LogP contribution < -0.4 is 15.4 Å². The molecular weight excluding hydrogens is 424 g/mol. The molecule has 2 aromatic carbocycles. The third-order valence-corrected chi connectivity index (χ3v) is 5.05. The number of nitro groups is 1. The number of nitrogens with zero attached hydrogens (tertiary/aromatic N) is 2. The summed E-state index contributed by atoms with van der Waals surface area (Å²) in [5.41, 5.74) is -0.0705. The van der Waals surface area contributed by atoms with Gasteiger partial charge in [-0.15, -0.1) is 6.58 Å². The summed E-state index contributed by atoms with van der Waals surface area (Å²) in [4.78, 5) is 38.2. The zero-order valence-electron chi connectivity index (χ0n) is 18.9. The van der Waals surface area contributed by atoms with Gasteiger partial charge in [0.1, 0.15) is 17.8 Å². The molecule has 0 unspecified atom stereocenters. The number of non-ortho nitro benzene ring substituents is 1. The molecule has 1 heterocycles. The van der Waals surface area contributed by atoms with Gasteiger partial charge in [-0.25, -0.2) is 0 Å². The van der Waals surface area contributed by atoms with Gasteiger partial charge in [0.25, 0.3) is 11.6 Å². The second-order valence-electron chi connectivity index (χ2n) is 8.79. The van der Waals surface area contributed by atoms with Gasteiger partial charge in [0.05, 0.1) is 4.92 Å². The molecule has 0 aromatic heterocycles. The molecule has 9 heteroatoms. The average Bonchev–Trinajstić information content (AvgIpc) is 2.76. The number of ether oxygens (including phenoxy) is 1. The van der Waals surface area contributed by atoms with Crippen LogP contribution in [0.4, 0.5) is 11.4 Å². The Bertz CT molecular complexity index is 1020. The summed E-state index contributed by atoms with van der Waals surface area (Å²) >= 11 is 0. The Kier molecular flexibility index (Phi) is 7.01. The van der Waals surface area contributed by atoms with Gasteiger partial charge in [-0.05, 0) is 45.0 Å². The average molecular weight is 453 g/mol. The maximum atomic E-state index is 13.3. The van der Waals surface area contributed by atoms with Gasteiger partial charge in [-0.3, -0.25) is 19.7 Å². The lowest BCUT2D eigenvalue weighted by Gasteiger charge is -2.49. The van der Waals surface area contributed by atoms with E-state index in [1.165, 1.54) is 29.2 Å². The Morgan fingerprint density at radius 1 is 1.21 bits per heavy atom. The summed E-state index contributed by atoms with van der Waals surface area (Å²) in [5, 5.41) is 17.1. The zero-order chi connectivity index (χ0) is 24.2. The molecule has 1 aliphatic rings. The third-order valence-electron chi connectivity index (χ3n) is 5.05. The summed E-state index contributed by atoms with van der Waals surface area (Å²) in [7, 11) is 0. The Balaban J connectivity index is 1.93. The molecule has 3 rings (SSSR count). The molecule has 0 aliphatic carbocycles. The second-order valence-corrected chi connectivity index (χ2v) is 8.79. The molecule has 2 amide bonds. The fraction of sp³-hybridized carbons (Fsp3) is 0.333. The van der Waals surface area contributed by atoms with Crippen molar-refractivity contribution < 1.29 is 19.2 Å². The van der Waals surface area contributed by atoms with Crippen LogP contribution in [0.25, 0.3) is 0 Å². The maximum Gasteiger partial charge on any atom is 0.269 e. The minimum atomic E-state index is -0.881. The van der Waals surface area contributed by atoms with Gasteiger partial charge in [-0.1, -0.05) is 24.3 Å². The normalized spacial score (nSPS) is 18.6. The fourth-order valence-electron chi connectivity index (χ4n) is 3.62. The largest absolute Gasteiger partial charge is 0.478 e. The van der Waals surface area contributed by atoms with Crippen molar-refractivity contribution in [2.45, 2.75) is 44.5 Å². The quantitative estimate of drug-likeness (QED) is 0.262. The molecule has 0 spiro atoms.